The molecule has 0 radical (unpaired) electrons. The van der Waals surface area contributed by atoms with Crippen LogP contribution in [0.25, 0.3) is 33.9 Å². The lowest BCUT2D eigenvalue weighted by molar-refractivity contribution is -0.144. The van der Waals surface area contributed by atoms with Crippen molar-refractivity contribution >= 4 is 110 Å². The van der Waals surface area contributed by atoms with E-state index in [0.29, 0.717) is 117 Å². The number of aryl methyl sites for hydroxylation is 6. The van der Waals surface area contributed by atoms with Gasteiger partial charge in [0.05, 0.1) is 86.3 Å². The summed E-state index contributed by atoms with van der Waals surface area (Å²) in [5.41, 5.74) is 27.1. The molecule has 746 valence electrons. The van der Waals surface area contributed by atoms with Gasteiger partial charge in [0.2, 0.25) is 0 Å². The van der Waals surface area contributed by atoms with Gasteiger partial charge >= 0.3 is 29.8 Å². The van der Waals surface area contributed by atoms with Gasteiger partial charge in [-0.05, 0) is 149 Å². The molecule has 0 aliphatic rings. The maximum Gasteiger partial charge on any atom is 0.358 e. The van der Waals surface area contributed by atoms with Crippen molar-refractivity contribution < 1.29 is 62.0 Å². The number of esters is 5. The van der Waals surface area contributed by atoms with Crippen molar-refractivity contribution in [1.82, 2.24) is 102 Å². The predicted molar refractivity (Wildman–Crippen MR) is 544 cm³/mol. The van der Waals surface area contributed by atoms with E-state index in [1.54, 1.807) is 191 Å². The molecule has 0 amide bonds. The van der Waals surface area contributed by atoms with Crippen molar-refractivity contribution in [3.8, 4) is 0 Å². The summed E-state index contributed by atoms with van der Waals surface area (Å²) < 4.78 is 34.0. The van der Waals surface area contributed by atoms with E-state index in [9.17, 15) is 38.4 Å². The van der Waals surface area contributed by atoms with Crippen LogP contribution in [0.3, 0.4) is 0 Å². The second-order valence-corrected chi connectivity index (χ2v) is 23.8. The highest BCUT2D eigenvalue weighted by atomic mass is 35.5. The minimum absolute atomic E-state index is 0. The quantitative estimate of drug-likeness (QED) is 0.0336. The molecule has 38 heteroatoms. The minimum atomic E-state index is -1.14. The van der Waals surface area contributed by atoms with Gasteiger partial charge in [-0.2, -0.15) is 15.3 Å². The Balaban J connectivity index is -0.000000341. The molecule has 136 heavy (non-hydrogen) atoms. The molecule has 0 spiro atoms. The summed E-state index contributed by atoms with van der Waals surface area (Å²) in [7, 11) is 1.35. The fourth-order valence-corrected chi connectivity index (χ4v) is 10.2. The highest BCUT2D eigenvalue weighted by molar-refractivity contribution is 6.40. The number of Topliss-reactive ketones (excluding diaryl/α,β-unsaturated/α-hetero) is 3. The highest BCUT2D eigenvalue weighted by Crippen LogP contribution is 2.18. The van der Waals surface area contributed by atoms with Gasteiger partial charge in [0, 0.05) is 88.2 Å². The second kappa shape index (κ2) is 78.8. The number of halogens is 1. The number of nitrogens with zero attached hydrogens (tertiary/aromatic N) is 21. The standard InChI is InChI=1S/C11H12N2O2.2C10H11N3O2.C10H10N2O.C9H9N3O2.C9H9N3O.C6H9ClO3.C5H6N2.2C4H5N3.9C2H6.2CH4/c1-3-15-11(14)10-8(2)12-9-6-4-5-7-13(9)10;1-3-15-10(14)9-7(2)12-8-6-11-4-5-13(8)9;1-3-15-10(14)9-7(2)12-8-5-4-6-11-13(8)9;1-7-10(8(2)13)12-6-4-3-5-9(12)11-7;1-6-8(9(13)14-2)12-4-3-10-5-7(12)11-6;1-6-9(7(2)13)12-8(11-6)4-3-5-10-12;1-3-10-6(9)5(7)4(2)8;6-5-3-1-2-4-7-5;5-4-3-6-1-2-7-4;5-4-2-1-3-6-7-4;9*1-2;;/h4-7H,3H2,1-2H3;2*4-6H,3H2,1-2H3;3-6H,1-2H3;3-5H,1-2H3;3-5H,1-2H3;5H,3H2,1-2H3;1-4H,(H2,6,7);2*1-3H,(H2,5,7);9*1-2H3;2*1H4. The largest absolute Gasteiger partial charge is 0.465 e. The Labute approximate surface area is 807 Å². The lowest BCUT2D eigenvalue weighted by Crippen LogP contribution is -2.24. The summed E-state index contributed by atoms with van der Waals surface area (Å²) in [5, 5.41) is 14.0. The SMILES string of the molecule is C.C.CC.CC.CC.CC.CC.CC.CC.CC.CC.CC(=O)c1c(C)nc2ccccn12.CC(=O)c1c(C)nc2cccnn12.CCOC(=O)C(Cl)C(C)=O.CCOC(=O)c1c(C)nc2ccccn12.CCOC(=O)c1c(C)nc2cccnn12.CCOC(=O)c1c(C)nc2cnccn12.COC(=O)c1c(C)nc2cnccn12.Nc1ccccn1.Nc1cccnn1.Nc1cnccn1. The van der Waals surface area contributed by atoms with Crippen molar-refractivity contribution in [2.24, 2.45) is 0 Å². The molecule has 0 aliphatic heterocycles. The topological polar surface area (TPSA) is 481 Å². The Bertz CT molecular complexity index is 5360. The van der Waals surface area contributed by atoms with Gasteiger partial charge in [-0.3, -0.25) is 46.9 Å². The van der Waals surface area contributed by atoms with Gasteiger partial charge in [-0.25, -0.2) is 72.9 Å². The molecule has 1 unspecified atom stereocenters. The summed E-state index contributed by atoms with van der Waals surface area (Å²) in [6.45, 7) is 59.4. The molecule has 0 aliphatic carbocycles. The third-order valence-electron chi connectivity index (χ3n) is 14.9. The molecular formula is C98H149ClN24O13. The van der Waals surface area contributed by atoms with Gasteiger partial charge in [0.1, 0.15) is 40.1 Å². The van der Waals surface area contributed by atoms with E-state index in [4.69, 9.17) is 43.0 Å². The van der Waals surface area contributed by atoms with E-state index < -0.39 is 11.3 Å². The molecule has 0 bridgehead atoms. The molecule has 0 saturated heterocycles. The number of aromatic nitrogens is 21. The van der Waals surface area contributed by atoms with Crippen LogP contribution in [0.2, 0.25) is 0 Å². The number of ether oxygens (including phenoxy) is 5. The van der Waals surface area contributed by atoms with Gasteiger partial charge in [-0.15, -0.1) is 16.7 Å². The van der Waals surface area contributed by atoms with Gasteiger partial charge in [-0.1, -0.05) is 158 Å². The third-order valence-corrected chi connectivity index (χ3v) is 15.4. The molecule has 15 rings (SSSR count). The predicted octanol–water partition coefficient (Wildman–Crippen LogP) is 20.2. The molecule has 0 fully saturated rings. The lowest BCUT2D eigenvalue weighted by Gasteiger charge is -2.03. The van der Waals surface area contributed by atoms with Crippen LogP contribution in [-0.2, 0) is 33.3 Å². The molecule has 0 saturated carbocycles. The molecule has 0 aromatic carbocycles. The van der Waals surface area contributed by atoms with Crippen LogP contribution in [0.4, 0.5) is 17.5 Å². The fraction of sp³-hybridized carbons (Fsp3) is 0.398. The number of methoxy groups -OCH3 is 1. The summed E-state index contributed by atoms with van der Waals surface area (Å²) in [5.74, 6) is -0.978. The smallest absolute Gasteiger partial charge is 0.358 e. The van der Waals surface area contributed by atoms with Gasteiger partial charge < -0.3 is 40.9 Å². The number of carbonyl (C=O) groups excluding carboxylic acids is 8. The van der Waals surface area contributed by atoms with E-state index in [2.05, 4.69) is 84.7 Å². The fourth-order valence-electron chi connectivity index (χ4n) is 10.2. The molecule has 37 nitrogen and oxygen atoms in total. The number of pyridine rings is 3. The first kappa shape index (κ1) is 132. The molecule has 6 N–H and O–H groups in total. The van der Waals surface area contributed by atoms with E-state index in [-0.39, 0.29) is 62.7 Å². The number of anilines is 3. The van der Waals surface area contributed by atoms with Crippen molar-refractivity contribution in [1.29, 1.82) is 0 Å². The number of fused-ring (bicyclic) bond motifs is 6. The van der Waals surface area contributed by atoms with Crippen molar-refractivity contribution in [2.45, 2.75) is 235 Å². The Morgan fingerprint density at radius 3 is 1.00 bits per heavy atom. The summed E-state index contributed by atoms with van der Waals surface area (Å²) in [6.07, 6.45) is 24.6. The Morgan fingerprint density at radius 2 is 0.669 bits per heavy atom. The number of nitrogens with two attached hydrogens (primary N) is 3. The van der Waals surface area contributed by atoms with Crippen LogP contribution >= 0.6 is 11.6 Å². The summed E-state index contributed by atoms with van der Waals surface area (Å²) >= 11 is 5.32. The van der Waals surface area contributed by atoms with Crippen molar-refractivity contribution in [3.63, 3.8) is 0 Å². The number of nitrogen functional groups attached to an aromatic ring is 3. The molecule has 15 aromatic heterocycles. The van der Waals surface area contributed by atoms with Crippen LogP contribution in [0.1, 0.15) is 285 Å². The van der Waals surface area contributed by atoms with Crippen LogP contribution in [0.15, 0.2) is 184 Å². The number of hydrogen-bond acceptors (Lipinski definition) is 31. The number of rotatable bonds is 12. The zero-order chi connectivity index (χ0) is 103. The zero-order valence-electron chi connectivity index (χ0n) is 84.0. The maximum atomic E-state index is 11.7. The Hall–Kier alpha value is -14.8. The number of carbonyl (C=O) groups is 8. The van der Waals surface area contributed by atoms with E-state index in [1.165, 1.54) is 31.7 Å². The zero-order valence-corrected chi connectivity index (χ0v) is 84.8. The monoisotopic (exact) mass is 1910 g/mol. The molecule has 1 atom stereocenters. The lowest BCUT2D eigenvalue weighted by atomic mass is 10.2. The van der Waals surface area contributed by atoms with E-state index in [0.717, 1.165) is 22.7 Å². The maximum absolute atomic E-state index is 11.7. The first-order valence-electron chi connectivity index (χ1n) is 44.3. The van der Waals surface area contributed by atoms with E-state index >= 15 is 0 Å². The van der Waals surface area contributed by atoms with Crippen molar-refractivity contribution in [2.75, 3.05) is 50.7 Å². The minimum Gasteiger partial charge on any atom is -0.465 e. The average Bonchev–Trinajstić information content (AvgIpc) is 1.48. The summed E-state index contributed by atoms with van der Waals surface area (Å²) in [6, 6.07) is 27.3. The number of alkyl halides is 1. The van der Waals surface area contributed by atoms with E-state index in [1.807, 2.05) is 210 Å². The summed E-state index contributed by atoms with van der Waals surface area (Å²) in [4.78, 5) is 134. The van der Waals surface area contributed by atoms with Crippen LogP contribution in [-0.4, -0.2) is 188 Å². The van der Waals surface area contributed by atoms with Crippen LogP contribution < -0.4 is 17.2 Å². The van der Waals surface area contributed by atoms with Gasteiger partial charge in [0.25, 0.3) is 0 Å². The normalized spacial score (nSPS) is 9.21. The first-order valence-corrected chi connectivity index (χ1v) is 44.8. The number of ketones is 3. The number of imidazole rings is 6. The number of hydrogen-bond donors (Lipinski definition) is 3. The second-order valence-electron chi connectivity index (χ2n) is 23.4. The van der Waals surface area contributed by atoms with Crippen LogP contribution in [0.5, 0.6) is 0 Å². The average molecular weight is 1910 g/mol. The Morgan fingerprint density at radius 1 is 0.338 bits per heavy atom. The first-order chi connectivity index (χ1) is 64.6. The van der Waals surface area contributed by atoms with Gasteiger partial charge in [0.15, 0.2) is 68.1 Å². The highest BCUT2D eigenvalue weighted by Gasteiger charge is 2.23. The van der Waals surface area contributed by atoms with Crippen LogP contribution in [0, 0.1) is 41.5 Å². The van der Waals surface area contributed by atoms with Crippen molar-refractivity contribution in [3.05, 3.63) is 252 Å². The molecular weight excluding hydrogens is 1760 g/mol. The Kier molecular flexibility index (Phi) is 76.5. The molecule has 15 aromatic rings. The third kappa shape index (κ3) is 44.6. The molecule has 15 heterocycles.